The number of hydrogen-bond acceptors (Lipinski definition) is 5. The maximum Gasteiger partial charge on any atom is 0.154 e. The van der Waals surface area contributed by atoms with E-state index in [1.54, 1.807) is 14.0 Å². The molecule has 0 atom stereocenters. The zero-order valence-corrected chi connectivity index (χ0v) is 6.55. The third kappa shape index (κ3) is 1.31. The molecule has 0 saturated heterocycles. The third-order valence-electron chi connectivity index (χ3n) is 1.32. The molecule has 0 bridgehead atoms. The second kappa shape index (κ2) is 2.61. The quantitative estimate of drug-likeness (QED) is 0.528. The summed E-state index contributed by atoms with van der Waals surface area (Å²) in [7, 11) is 1.73. The molecule has 0 spiro atoms. The maximum absolute atomic E-state index is 5.55. The molecule has 0 aliphatic carbocycles. The van der Waals surface area contributed by atoms with E-state index < -0.39 is 0 Å². The van der Waals surface area contributed by atoms with Crippen LogP contribution in [0, 0.1) is 6.92 Å². The summed E-state index contributed by atoms with van der Waals surface area (Å²) in [5.41, 5.74) is 11.4. The molecule has 0 aliphatic heterocycles. The van der Waals surface area contributed by atoms with Gasteiger partial charge in [-0.25, -0.2) is 9.97 Å². The van der Waals surface area contributed by atoms with Gasteiger partial charge in [0.15, 0.2) is 11.6 Å². The van der Waals surface area contributed by atoms with Gasteiger partial charge >= 0.3 is 0 Å². The topological polar surface area (TPSA) is 89.8 Å². The number of aromatic nitrogens is 2. The number of nitrogens with two attached hydrogens (primary N) is 2. The Kier molecular flexibility index (Phi) is 1.80. The highest BCUT2D eigenvalue weighted by atomic mass is 15.1. The first-order valence-electron chi connectivity index (χ1n) is 3.22. The van der Waals surface area contributed by atoms with Gasteiger partial charge in [-0.3, -0.25) is 0 Å². The van der Waals surface area contributed by atoms with E-state index in [4.69, 9.17) is 11.5 Å². The molecular weight excluding hydrogens is 142 g/mol. The Morgan fingerprint density at radius 1 is 1.27 bits per heavy atom. The molecule has 60 valence electrons. The molecule has 1 aromatic rings. The number of rotatable bonds is 1. The van der Waals surface area contributed by atoms with Crippen molar-refractivity contribution in [1.29, 1.82) is 0 Å². The molecule has 0 fully saturated rings. The fourth-order valence-electron chi connectivity index (χ4n) is 0.793. The van der Waals surface area contributed by atoms with Gasteiger partial charge in [-0.05, 0) is 6.92 Å². The van der Waals surface area contributed by atoms with Crippen molar-refractivity contribution < 1.29 is 0 Å². The van der Waals surface area contributed by atoms with Crippen LogP contribution in [0.4, 0.5) is 17.3 Å². The van der Waals surface area contributed by atoms with Crippen LogP contribution in [0.2, 0.25) is 0 Å². The zero-order chi connectivity index (χ0) is 8.43. The zero-order valence-electron chi connectivity index (χ0n) is 6.55. The molecule has 0 aromatic carbocycles. The summed E-state index contributed by atoms with van der Waals surface area (Å²) >= 11 is 0. The highest BCUT2D eigenvalue weighted by molar-refractivity contribution is 5.72. The van der Waals surface area contributed by atoms with Crippen LogP contribution in [0.5, 0.6) is 0 Å². The molecule has 11 heavy (non-hydrogen) atoms. The minimum absolute atomic E-state index is 0.321. The Balaban J connectivity index is 3.24. The normalized spacial score (nSPS) is 9.64. The minimum Gasteiger partial charge on any atom is -0.393 e. The number of nitrogens with one attached hydrogen (secondary N) is 1. The van der Waals surface area contributed by atoms with E-state index >= 15 is 0 Å². The van der Waals surface area contributed by atoms with Gasteiger partial charge in [0.05, 0.1) is 0 Å². The second-order valence-electron chi connectivity index (χ2n) is 2.17. The highest BCUT2D eigenvalue weighted by Gasteiger charge is 2.04. The number of hydrogen-bond donors (Lipinski definition) is 3. The lowest BCUT2D eigenvalue weighted by Gasteiger charge is -2.05. The predicted molar refractivity (Wildman–Crippen MR) is 45.1 cm³/mol. The van der Waals surface area contributed by atoms with Gasteiger partial charge in [-0.2, -0.15) is 0 Å². The van der Waals surface area contributed by atoms with E-state index in [0.717, 1.165) is 0 Å². The molecule has 0 aliphatic rings. The first kappa shape index (κ1) is 7.59. The van der Waals surface area contributed by atoms with Gasteiger partial charge in [-0.15, -0.1) is 0 Å². The molecule has 5 nitrogen and oxygen atoms in total. The van der Waals surface area contributed by atoms with Crippen molar-refractivity contribution in [3.63, 3.8) is 0 Å². The fourth-order valence-corrected chi connectivity index (χ4v) is 0.793. The van der Waals surface area contributed by atoms with Crippen molar-refractivity contribution in [3.8, 4) is 0 Å². The Labute approximate surface area is 64.8 Å². The van der Waals surface area contributed by atoms with Crippen LogP contribution in [-0.4, -0.2) is 17.0 Å². The van der Waals surface area contributed by atoms with Crippen molar-refractivity contribution in [2.75, 3.05) is 23.8 Å². The predicted octanol–water partition coefficient (Wildman–Crippen LogP) is -0.00888. The van der Waals surface area contributed by atoms with Gasteiger partial charge in [0.2, 0.25) is 0 Å². The summed E-state index contributed by atoms with van der Waals surface area (Å²) in [6.07, 6.45) is 0. The highest BCUT2D eigenvalue weighted by Crippen LogP contribution is 2.19. The molecule has 5 heteroatoms. The van der Waals surface area contributed by atoms with E-state index in [-0.39, 0.29) is 0 Å². The lowest BCUT2D eigenvalue weighted by Crippen LogP contribution is -2.06. The Morgan fingerprint density at radius 2 is 1.91 bits per heavy atom. The van der Waals surface area contributed by atoms with E-state index in [9.17, 15) is 0 Å². The van der Waals surface area contributed by atoms with Crippen LogP contribution in [0.25, 0.3) is 0 Å². The van der Waals surface area contributed by atoms with Crippen molar-refractivity contribution in [1.82, 2.24) is 9.97 Å². The number of anilines is 3. The average Bonchev–Trinajstić information content (AvgIpc) is 1.96. The molecule has 1 rings (SSSR count). The van der Waals surface area contributed by atoms with E-state index in [0.29, 0.717) is 23.1 Å². The lowest BCUT2D eigenvalue weighted by atomic mass is 10.4. The van der Waals surface area contributed by atoms with Crippen molar-refractivity contribution in [2.24, 2.45) is 0 Å². The summed E-state index contributed by atoms with van der Waals surface area (Å²) in [5, 5.41) is 2.82. The Morgan fingerprint density at radius 3 is 2.45 bits per heavy atom. The van der Waals surface area contributed by atoms with Crippen LogP contribution in [-0.2, 0) is 0 Å². The van der Waals surface area contributed by atoms with Crippen LogP contribution < -0.4 is 16.8 Å². The summed E-state index contributed by atoms with van der Waals surface area (Å²) in [6, 6.07) is 0. The van der Waals surface area contributed by atoms with Crippen LogP contribution in [0.15, 0.2) is 0 Å². The Hall–Kier alpha value is -1.52. The summed E-state index contributed by atoms with van der Waals surface area (Å²) < 4.78 is 0. The molecule has 1 heterocycles. The molecule has 1 aromatic heterocycles. The van der Waals surface area contributed by atoms with Crippen molar-refractivity contribution in [3.05, 3.63) is 5.82 Å². The monoisotopic (exact) mass is 153 g/mol. The molecule has 0 radical (unpaired) electrons. The maximum atomic E-state index is 5.55. The fraction of sp³-hybridized carbons (Fsp3) is 0.333. The number of nitrogen functional groups attached to an aromatic ring is 2. The summed E-state index contributed by atoms with van der Waals surface area (Å²) in [5.74, 6) is 1.51. The van der Waals surface area contributed by atoms with Crippen molar-refractivity contribution in [2.45, 2.75) is 6.92 Å². The lowest BCUT2D eigenvalue weighted by molar-refractivity contribution is 1.06. The molecule has 0 unspecified atom stereocenters. The third-order valence-corrected chi connectivity index (χ3v) is 1.32. The van der Waals surface area contributed by atoms with Gasteiger partial charge in [0, 0.05) is 7.05 Å². The first-order chi connectivity index (χ1) is 5.15. The van der Waals surface area contributed by atoms with Crippen LogP contribution in [0.1, 0.15) is 5.82 Å². The standard InChI is InChI=1S/C6H11N5/c1-3-10-5(8)4(7)6(9-2)11-3/h7H2,1-2H3,(H3,8,9,10,11). The molecule has 5 N–H and O–H groups in total. The van der Waals surface area contributed by atoms with Crippen LogP contribution in [0.3, 0.4) is 0 Å². The Bertz CT molecular complexity index is 270. The molecule has 0 amide bonds. The number of nitrogens with zero attached hydrogens (tertiary/aromatic N) is 2. The van der Waals surface area contributed by atoms with E-state index in [1.165, 1.54) is 0 Å². The smallest absolute Gasteiger partial charge is 0.154 e. The van der Waals surface area contributed by atoms with E-state index in [1.807, 2.05) is 0 Å². The van der Waals surface area contributed by atoms with Gasteiger partial charge in [-0.1, -0.05) is 0 Å². The molecule has 0 saturated carbocycles. The SMILES string of the molecule is CNc1nc(C)nc(N)c1N. The van der Waals surface area contributed by atoms with Gasteiger partial charge < -0.3 is 16.8 Å². The second-order valence-corrected chi connectivity index (χ2v) is 2.17. The molecular formula is C6H11N5. The van der Waals surface area contributed by atoms with Crippen LogP contribution >= 0.6 is 0 Å². The largest absolute Gasteiger partial charge is 0.393 e. The van der Waals surface area contributed by atoms with E-state index in [2.05, 4.69) is 15.3 Å². The first-order valence-corrected chi connectivity index (χ1v) is 3.22. The number of aryl methyl sites for hydroxylation is 1. The van der Waals surface area contributed by atoms with Gasteiger partial charge in [0.25, 0.3) is 0 Å². The minimum atomic E-state index is 0.321. The summed E-state index contributed by atoms with van der Waals surface area (Å²) in [4.78, 5) is 7.91. The summed E-state index contributed by atoms with van der Waals surface area (Å²) in [6.45, 7) is 1.76. The van der Waals surface area contributed by atoms with Gasteiger partial charge in [0.1, 0.15) is 11.5 Å². The average molecular weight is 153 g/mol. The van der Waals surface area contributed by atoms with Crippen molar-refractivity contribution >= 4 is 17.3 Å².